The molecule has 0 amide bonds. The van der Waals surface area contributed by atoms with E-state index in [1.165, 1.54) is 0 Å². The van der Waals surface area contributed by atoms with Crippen LogP contribution < -0.4 is 4.90 Å². The fourth-order valence-electron chi connectivity index (χ4n) is 1.86. The fraction of sp³-hybridized carbons (Fsp3) is 0.429. The van der Waals surface area contributed by atoms with E-state index in [0.29, 0.717) is 18.5 Å². The molecule has 0 fully saturated rings. The van der Waals surface area contributed by atoms with Gasteiger partial charge in [-0.1, -0.05) is 11.6 Å². The van der Waals surface area contributed by atoms with E-state index in [2.05, 4.69) is 24.8 Å². The summed E-state index contributed by atoms with van der Waals surface area (Å²) in [5, 5.41) is 8.67. The summed E-state index contributed by atoms with van der Waals surface area (Å²) < 4.78 is 0. The number of carbonyl (C=O) groups excluding carboxylic acids is 1. The van der Waals surface area contributed by atoms with Crippen molar-refractivity contribution >= 4 is 12.0 Å². The second-order valence-corrected chi connectivity index (χ2v) is 4.38. The minimum atomic E-state index is 0.268. The second-order valence-electron chi connectivity index (χ2n) is 4.38. The predicted molar refractivity (Wildman–Crippen MR) is 69.3 cm³/mol. The summed E-state index contributed by atoms with van der Waals surface area (Å²) in [6.07, 6.45) is 1.34. The van der Waals surface area contributed by atoms with E-state index >= 15 is 0 Å². The largest absolute Gasteiger partial charge is 0.367 e. The molecule has 0 bridgehead atoms. The van der Waals surface area contributed by atoms with Crippen LogP contribution in [0, 0.1) is 18.3 Å². The molecule has 0 aromatic heterocycles. The normalized spacial score (nSPS) is 10.1. The molecule has 0 aliphatic rings. The highest BCUT2D eigenvalue weighted by Crippen LogP contribution is 2.22. The van der Waals surface area contributed by atoms with E-state index in [1.807, 2.05) is 25.1 Å². The number of hydrogen-bond donors (Lipinski definition) is 0. The van der Waals surface area contributed by atoms with E-state index in [-0.39, 0.29) is 6.04 Å². The molecular weight excluding hydrogens is 212 g/mol. The van der Waals surface area contributed by atoms with E-state index in [9.17, 15) is 4.79 Å². The highest BCUT2D eigenvalue weighted by molar-refractivity contribution is 5.85. The van der Waals surface area contributed by atoms with Gasteiger partial charge in [0.15, 0.2) is 6.29 Å². The molecular formula is C14H18N2O. The summed E-state index contributed by atoms with van der Waals surface area (Å²) in [5.74, 6) is 0. The first-order chi connectivity index (χ1) is 8.10. The van der Waals surface area contributed by atoms with Gasteiger partial charge in [-0.15, -0.1) is 0 Å². The van der Waals surface area contributed by atoms with Crippen molar-refractivity contribution in [3.63, 3.8) is 0 Å². The van der Waals surface area contributed by atoms with Gasteiger partial charge in [-0.3, -0.25) is 4.79 Å². The average Bonchev–Trinajstić information content (AvgIpc) is 2.30. The fourth-order valence-corrected chi connectivity index (χ4v) is 1.86. The Kier molecular flexibility index (Phi) is 4.71. The van der Waals surface area contributed by atoms with Crippen molar-refractivity contribution in [1.29, 1.82) is 5.26 Å². The molecule has 17 heavy (non-hydrogen) atoms. The summed E-state index contributed by atoms with van der Waals surface area (Å²) in [6.45, 7) is 6.74. The van der Waals surface area contributed by atoms with Crippen molar-refractivity contribution in [1.82, 2.24) is 0 Å². The van der Waals surface area contributed by atoms with Crippen molar-refractivity contribution in [3.05, 3.63) is 29.3 Å². The summed E-state index contributed by atoms with van der Waals surface area (Å²) in [6, 6.07) is 8.23. The van der Waals surface area contributed by atoms with Gasteiger partial charge in [0.05, 0.1) is 12.5 Å². The lowest BCUT2D eigenvalue weighted by Crippen LogP contribution is -2.32. The number of carbonyl (C=O) groups is 1. The van der Waals surface area contributed by atoms with E-state index < -0.39 is 0 Å². The zero-order chi connectivity index (χ0) is 12.8. The van der Waals surface area contributed by atoms with Crippen molar-refractivity contribution < 1.29 is 4.79 Å². The molecule has 1 aromatic carbocycles. The summed E-state index contributed by atoms with van der Waals surface area (Å²) in [4.78, 5) is 13.2. The number of benzene rings is 1. The lowest BCUT2D eigenvalue weighted by Gasteiger charge is -2.29. The van der Waals surface area contributed by atoms with Crippen molar-refractivity contribution in [2.24, 2.45) is 0 Å². The predicted octanol–water partition coefficient (Wildman–Crippen LogP) is 2.94. The van der Waals surface area contributed by atoms with Gasteiger partial charge in [-0.2, -0.15) is 5.26 Å². The van der Waals surface area contributed by atoms with Crippen molar-refractivity contribution in [3.8, 4) is 6.07 Å². The molecule has 0 spiro atoms. The molecule has 0 saturated heterocycles. The smallest absolute Gasteiger partial charge is 0.152 e. The molecule has 3 heteroatoms. The Balaban J connectivity index is 3.09. The van der Waals surface area contributed by atoms with Crippen LogP contribution in [-0.4, -0.2) is 18.9 Å². The molecule has 0 atom stereocenters. The topological polar surface area (TPSA) is 44.1 Å². The molecule has 3 nitrogen and oxygen atoms in total. The van der Waals surface area contributed by atoms with Crippen LogP contribution in [0.5, 0.6) is 0 Å². The van der Waals surface area contributed by atoms with Crippen LogP contribution in [0.25, 0.3) is 0 Å². The number of rotatable bonds is 5. The number of anilines is 1. The summed E-state index contributed by atoms with van der Waals surface area (Å²) in [5.41, 5.74) is 2.67. The first kappa shape index (κ1) is 13.2. The Bertz CT molecular complexity index is 432. The molecule has 0 heterocycles. The Labute approximate surface area is 103 Å². The minimum absolute atomic E-state index is 0.268. The number of aryl methyl sites for hydroxylation is 1. The number of aldehydes is 1. The Morgan fingerprint density at radius 2 is 2.18 bits per heavy atom. The summed E-state index contributed by atoms with van der Waals surface area (Å²) >= 11 is 0. The maximum atomic E-state index is 11.1. The van der Waals surface area contributed by atoms with Gasteiger partial charge in [0.2, 0.25) is 0 Å². The third kappa shape index (κ3) is 3.32. The van der Waals surface area contributed by atoms with Gasteiger partial charge in [0, 0.05) is 23.8 Å². The number of hydrogen-bond acceptors (Lipinski definition) is 3. The SMILES string of the molecule is Cc1ccc(N(CCC#N)C(C)C)c(C=O)c1. The Morgan fingerprint density at radius 1 is 1.47 bits per heavy atom. The maximum Gasteiger partial charge on any atom is 0.152 e. The van der Waals surface area contributed by atoms with Gasteiger partial charge in [0.1, 0.15) is 0 Å². The molecule has 0 aliphatic heterocycles. The summed E-state index contributed by atoms with van der Waals surface area (Å²) in [7, 11) is 0. The van der Waals surface area contributed by atoms with Crippen LogP contribution in [0.1, 0.15) is 36.2 Å². The molecule has 0 radical (unpaired) electrons. The van der Waals surface area contributed by atoms with Gasteiger partial charge >= 0.3 is 0 Å². The van der Waals surface area contributed by atoms with Gasteiger partial charge in [-0.05, 0) is 32.9 Å². The van der Waals surface area contributed by atoms with Gasteiger partial charge in [-0.25, -0.2) is 0 Å². The van der Waals surface area contributed by atoms with Crippen LogP contribution in [-0.2, 0) is 0 Å². The monoisotopic (exact) mass is 230 g/mol. The van der Waals surface area contributed by atoms with Gasteiger partial charge in [0.25, 0.3) is 0 Å². The highest BCUT2D eigenvalue weighted by atomic mass is 16.1. The molecule has 0 unspecified atom stereocenters. The van der Waals surface area contributed by atoms with Gasteiger partial charge < -0.3 is 4.90 Å². The molecule has 0 saturated carbocycles. The lowest BCUT2D eigenvalue weighted by molar-refractivity contribution is 0.112. The van der Waals surface area contributed by atoms with Crippen LogP contribution in [0.2, 0.25) is 0 Å². The Morgan fingerprint density at radius 3 is 2.71 bits per heavy atom. The van der Waals surface area contributed by atoms with Crippen LogP contribution in [0.3, 0.4) is 0 Å². The molecule has 0 N–H and O–H groups in total. The zero-order valence-electron chi connectivity index (χ0n) is 10.6. The standard InChI is InChI=1S/C14H18N2O/c1-11(2)16(8-4-7-15)14-6-5-12(3)9-13(14)10-17/h5-6,9-11H,4,8H2,1-3H3. The van der Waals surface area contributed by atoms with E-state index in [0.717, 1.165) is 17.5 Å². The lowest BCUT2D eigenvalue weighted by atomic mass is 10.1. The molecule has 1 aromatic rings. The average molecular weight is 230 g/mol. The van der Waals surface area contributed by atoms with Crippen LogP contribution in [0.4, 0.5) is 5.69 Å². The minimum Gasteiger partial charge on any atom is -0.367 e. The number of nitrogens with zero attached hydrogens (tertiary/aromatic N) is 2. The van der Waals surface area contributed by atoms with Crippen LogP contribution in [0.15, 0.2) is 18.2 Å². The molecule has 90 valence electrons. The Hall–Kier alpha value is -1.82. The molecule has 0 aliphatic carbocycles. The number of nitriles is 1. The van der Waals surface area contributed by atoms with E-state index in [1.54, 1.807) is 0 Å². The molecule has 1 rings (SSSR count). The third-order valence-corrected chi connectivity index (χ3v) is 2.71. The van der Waals surface area contributed by atoms with Crippen molar-refractivity contribution in [2.45, 2.75) is 33.2 Å². The van der Waals surface area contributed by atoms with Crippen molar-refractivity contribution in [2.75, 3.05) is 11.4 Å². The maximum absolute atomic E-state index is 11.1. The second kappa shape index (κ2) is 6.05. The quantitative estimate of drug-likeness (QED) is 0.730. The zero-order valence-corrected chi connectivity index (χ0v) is 10.6. The first-order valence-electron chi connectivity index (χ1n) is 5.79. The third-order valence-electron chi connectivity index (χ3n) is 2.71. The first-order valence-corrected chi connectivity index (χ1v) is 5.79. The highest BCUT2D eigenvalue weighted by Gasteiger charge is 2.13. The van der Waals surface area contributed by atoms with E-state index in [4.69, 9.17) is 5.26 Å². The van der Waals surface area contributed by atoms with Crippen LogP contribution >= 0.6 is 0 Å².